The van der Waals surface area contributed by atoms with Crippen LogP contribution in [0.5, 0.6) is 16.7 Å². The first kappa shape index (κ1) is 9.48. The van der Waals surface area contributed by atoms with Crippen molar-refractivity contribution in [1.29, 1.82) is 0 Å². The van der Waals surface area contributed by atoms with Crippen LogP contribution in [0.25, 0.3) is 0 Å². The van der Waals surface area contributed by atoms with E-state index >= 15 is 0 Å². The Morgan fingerprint density at radius 3 is 2.57 bits per heavy atom. The van der Waals surface area contributed by atoms with E-state index in [2.05, 4.69) is 20.9 Å². The van der Waals surface area contributed by atoms with Gasteiger partial charge in [-0.2, -0.15) is 4.98 Å². The minimum absolute atomic E-state index is 0.220. The molecule has 2 aromatic rings. The molecule has 2 rings (SSSR count). The number of hydrogen-bond donors (Lipinski definition) is 1. The molecule has 5 heteroatoms. The summed E-state index contributed by atoms with van der Waals surface area (Å²) in [6.45, 7) is 0. The van der Waals surface area contributed by atoms with Crippen molar-refractivity contribution < 1.29 is 9.84 Å². The average molecular weight is 272 g/mol. The van der Waals surface area contributed by atoms with Crippen LogP contribution in [-0.2, 0) is 0 Å². The van der Waals surface area contributed by atoms with Crippen LogP contribution in [0.1, 0.15) is 0 Å². The van der Waals surface area contributed by atoms with E-state index in [4.69, 9.17) is 9.84 Å². The van der Waals surface area contributed by atoms with Crippen LogP contribution in [0.15, 0.2) is 34.2 Å². The highest BCUT2D eigenvalue weighted by Crippen LogP contribution is 2.27. The number of aromatic hydroxyl groups is 1. The fourth-order valence-electron chi connectivity index (χ4n) is 0.901. The van der Waals surface area contributed by atoms with Gasteiger partial charge in [-0.05, 0) is 40.2 Å². The standard InChI is InChI=1S/C9H6BrNO2S/c10-8-5-14-9(11-8)13-7-3-1-6(12)2-4-7/h1-5,12H. The molecule has 1 aromatic carbocycles. The third-order valence-corrected chi connectivity index (χ3v) is 2.92. The maximum Gasteiger partial charge on any atom is 0.279 e. The van der Waals surface area contributed by atoms with Gasteiger partial charge in [-0.15, -0.1) is 0 Å². The SMILES string of the molecule is Oc1ccc(Oc2nc(Br)cs2)cc1. The maximum atomic E-state index is 9.05. The van der Waals surface area contributed by atoms with Crippen LogP contribution in [0, 0.1) is 0 Å². The lowest BCUT2D eigenvalue weighted by Crippen LogP contribution is -1.81. The number of thiazole rings is 1. The second kappa shape index (κ2) is 3.98. The molecule has 0 spiro atoms. The Bertz CT molecular complexity index is 427. The molecule has 1 heterocycles. The van der Waals surface area contributed by atoms with Crippen molar-refractivity contribution in [3.8, 4) is 16.7 Å². The van der Waals surface area contributed by atoms with Crippen LogP contribution in [0.2, 0.25) is 0 Å². The zero-order valence-corrected chi connectivity index (χ0v) is 9.38. The highest BCUT2D eigenvalue weighted by Gasteiger charge is 2.01. The Balaban J connectivity index is 2.15. The Labute approximate surface area is 93.1 Å². The topological polar surface area (TPSA) is 42.4 Å². The second-order valence-corrected chi connectivity index (χ2v) is 4.17. The molecule has 72 valence electrons. The van der Waals surface area contributed by atoms with Crippen molar-refractivity contribution in [2.75, 3.05) is 0 Å². The van der Waals surface area contributed by atoms with Gasteiger partial charge in [-0.25, -0.2) is 0 Å². The summed E-state index contributed by atoms with van der Waals surface area (Å²) in [5.41, 5.74) is 0. The molecule has 0 unspecified atom stereocenters. The average Bonchev–Trinajstić information content (AvgIpc) is 2.56. The monoisotopic (exact) mass is 271 g/mol. The smallest absolute Gasteiger partial charge is 0.279 e. The molecule has 0 saturated heterocycles. The number of nitrogens with zero attached hydrogens (tertiary/aromatic N) is 1. The van der Waals surface area contributed by atoms with E-state index in [9.17, 15) is 0 Å². The molecule has 0 bridgehead atoms. The number of phenolic OH excluding ortho intramolecular Hbond substituents is 1. The van der Waals surface area contributed by atoms with Gasteiger partial charge < -0.3 is 9.84 Å². The molecular weight excluding hydrogens is 266 g/mol. The van der Waals surface area contributed by atoms with E-state index in [1.165, 1.54) is 11.3 Å². The van der Waals surface area contributed by atoms with Gasteiger partial charge in [0.25, 0.3) is 5.19 Å². The second-order valence-electron chi connectivity index (χ2n) is 2.53. The minimum Gasteiger partial charge on any atom is -0.508 e. The molecule has 0 atom stereocenters. The predicted octanol–water partition coefficient (Wildman–Crippen LogP) is 3.40. The molecule has 0 amide bonds. The summed E-state index contributed by atoms with van der Waals surface area (Å²) in [5.74, 6) is 0.877. The Hall–Kier alpha value is -1.07. The van der Waals surface area contributed by atoms with Gasteiger partial charge in [-0.3, -0.25) is 0 Å². The van der Waals surface area contributed by atoms with E-state index in [0.29, 0.717) is 10.9 Å². The number of benzene rings is 1. The molecule has 0 aliphatic heterocycles. The van der Waals surface area contributed by atoms with Gasteiger partial charge >= 0.3 is 0 Å². The highest BCUT2D eigenvalue weighted by molar-refractivity contribution is 9.10. The van der Waals surface area contributed by atoms with Crippen LogP contribution in [0.3, 0.4) is 0 Å². The number of aromatic nitrogens is 1. The summed E-state index contributed by atoms with van der Waals surface area (Å²) >= 11 is 4.64. The summed E-state index contributed by atoms with van der Waals surface area (Å²) < 4.78 is 6.18. The summed E-state index contributed by atoms with van der Waals surface area (Å²) in [4.78, 5) is 4.08. The quantitative estimate of drug-likeness (QED) is 0.911. The van der Waals surface area contributed by atoms with Crippen molar-refractivity contribution in [3.63, 3.8) is 0 Å². The number of hydrogen-bond acceptors (Lipinski definition) is 4. The highest BCUT2D eigenvalue weighted by atomic mass is 79.9. The number of rotatable bonds is 2. The first-order valence-electron chi connectivity index (χ1n) is 3.82. The predicted molar refractivity (Wildman–Crippen MR) is 58.0 cm³/mol. The molecule has 3 nitrogen and oxygen atoms in total. The van der Waals surface area contributed by atoms with Gasteiger partial charge in [0.15, 0.2) is 0 Å². The van der Waals surface area contributed by atoms with E-state index in [-0.39, 0.29) is 5.75 Å². The fourth-order valence-corrected chi connectivity index (χ4v) is 2.01. The molecule has 1 N–H and O–H groups in total. The first-order chi connectivity index (χ1) is 6.74. The number of phenols is 1. The van der Waals surface area contributed by atoms with Gasteiger partial charge in [-0.1, -0.05) is 11.3 Å². The normalized spacial score (nSPS) is 10.1. The summed E-state index contributed by atoms with van der Waals surface area (Å²) in [7, 11) is 0. The molecule has 14 heavy (non-hydrogen) atoms. The Morgan fingerprint density at radius 2 is 2.00 bits per heavy atom. The maximum absolute atomic E-state index is 9.05. The van der Waals surface area contributed by atoms with E-state index < -0.39 is 0 Å². The summed E-state index contributed by atoms with van der Waals surface area (Å²) in [6.07, 6.45) is 0. The van der Waals surface area contributed by atoms with Crippen molar-refractivity contribution >= 4 is 27.3 Å². The number of ether oxygens (including phenoxy) is 1. The van der Waals surface area contributed by atoms with Crippen molar-refractivity contribution in [3.05, 3.63) is 34.2 Å². The van der Waals surface area contributed by atoms with E-state index in [1.807, 2.05) is 5.38 Å². The van der Waals surface area contributed by atoms with Gasteiger partial charge in [0, 0.05) is 5.38 Å². The van der Waals surface area contributed by atoms with E-state index in [1.54, 1.807) is 24.3 Å². The van der Waals surface area contributed by atoms with Crippen LogP contribution in [0.4, 0.5) is 0 Å². The largest absolute Gasteiger partial charge is 0.508 e. The first-order valence-corrected chi connectivity index (χ1v) is 5.49. The molecular formula is C9H6BrNO2S. The summed E-state index contributed by atoms with van der Waals surface area (Å²) in [6, 6.07) is 6.51. The number of halogens is 1. The summed E-state index contributed by atoms with van der Waals surface area (Å²) in [5, 5.41) is 11.5. The molecule has 0 fully saturated rings. The molecule has 0 radical (unpaired) electrons. The van der Waals surface area contributed by atoms with Crippen LogP contribution in [-0.4, -0.2) is 10.1 Å². The van der Waals surface area contributed by atoms with Crippen molar-refractivity contribution in [2.45, 2.75) is 0 Å². The lowest BCUT2D eigenvalue weighted by Gasteiger charge is -2.00. The Morgan fingerprint density at radius 1 is 1.29 bits per heavy atom. The van der Waals surface area contributed by atoms with Crippen LogP contribution < -0.4 is 4.74 Å². The zero-order valence-electron chi connectivity index (χ0n) is 6.98. The fraction of sp³-hybridized carbons (Fsp3) is 0. The van der Waals surface area contributed by atoms with E-state index in [0.717, 1.165) is 4.60 Å². The minimum atomic E-state index is 0.220. The molecule has 0 aliphatic carbocycles. The third kappa shape index (κ3) is 2.24. The van der Waals surface area contributed by atoms with Gasteiger partial charge in [0.1, 0.15) is 16.1 Å². The zero-order chi connectivity index (χ0) is 9.97. The van der Waals surface area contributed by atoms with Gasteiger partial charge in [0.2, 0.25) is 0 Å². The lowest BCUT2D eigenvalue weighted by atomic mass is 10.3. The Kier molecular flexibility index (Phi) is 2.69. The molecule has 0 aliphatic rings. The van der Waals surface area contributed by atoms with Gasteiger partial charge in [0.05, 0.1) is 0 Å². The molecule has 0 saturated carbocycles. The molecule has 1 aromatic heterocycles. The van der Waals surface area contributed by atoms with Crippen molar-refractivity contribution in [1.82, 2.24) is 4.98 Å². The third-order valence-electron chi connectivity index (χ3n) is 1.50. The van der Waals surface area contributed by atoms with Crippen molar-refractivity contribution in [2.24, 2.45) is 0 Å². The van der Waals surface area contributed by atoms with Crippen LogP contribution >= 0.6 is 27.3 Å². The lowest BCUT2D eigenvalue weighted by molar-refractivity contribution is 0.462.